The Morgan fingerprint density at radius 2 is 1.82 bits per heavy atom. The summed E-state index contributed by atoms with van der Waals surface area (Å²) in [5.41, 5.74) is 2.75. The number of aromatic carboxylic acids is 1. The van der Waals surface area contributed by atoms with Crippen LogP contribution in [0.15, 0.2) is 60.7 Å². The summed E-state index contributed by atoms with van der Waals surface area (Å²) in [4.78, 5) is 18.6. The minimum absolute atomic E-state index is 0.0259. The highest BCUT2D eigenvalue weighted by atomic mass is 19.4. The third kappa shape index (κ3) is 3.55. The Hall–Kier alpha value is -3.94. The van der Waals surface area contributed by atoms with Gasteiger partial charge in [-0.1, -0.05) is 24.3 Å². The highest BCUT2D eigenvalue weighted by Crippen LogP contribution is 2.42. The fourth-order valence-corrected chi connectivity index (χ4v) is 4.64. The highest BCUT2D eigenvalue weighted by Gasteiger charge is 2.32. The van der Waals surface area contributed by atoms with Crippen molar-refractivity contribution in [3.63, 3.8) is 0 Å². The molecule has 0 spiro atoms. The van der Waals surface area contributed by atoms with Crippen LogP contribution in [0.25, 0.3) is 22.0 Å². The number of carbonyl (C=O) groups is 1. The van der Waals surface area contributed by atoms with Crippen LogP contribution in [0.4, 0.5) is 29.1 Å². The van der Waals surface area contributed by atoms with Crippen molar-refractivity contribution in [1.29, 1.82) is 0 Å². The lowest BCUT2D eigenvalue weighted by Crippen LogP contribution is -2.18. The molecule has 172 valence electrons. The first-order chi connectivity index (χ1) is 16.1. The zero-order valence-corrected chi connectivity index (χ0v) is 17.9. The van der Waals surface area contributed by atoms with Gasteiger partial charge in [0.05, 0.1) is 16.6 Å². The lowest BCUT2D eigenvalue weighted by molar-refractivity contribution is -0.137. The number of carboxylic acids is 1. The van der Waals surface area contributed by atoms with E-state index in [1.54, 1.807) is 25.1 Å². The van der Waals surface area contributed by atoms with Crippen molar-refractivity contribution in [1.82, 2.24) is 4.98 Å². The minimum atomic E-state index is -4.45. The molecule has 4 aromatic rings. The number of carboxylic acid groups (broad SMARTS) is 1. The number of benzene rings is 3. The van der Waals surface area contributed by atoms with E-state index in [-0.39, 0.29) is 10.9 Å². The molecule has 0 amide bonds. The van der Waals surface area contributed by atoms with Crippen molar-refractivity contribution < 1.29 is 27.5 Å². The molecule has 1 aliphatic rings. The largest absolute Gasteiger partial charge is 0.478 e. The number of nitrogens with zero attached hydrogens (tertiary/aromatic N) is 2. The molecule has 0 aliphatic carbocycles. The topological polar surface area (TPSA) is 53.4 Å². The predicted molar refractivity (Wildman–Crippen MR) is 121 cm³/mol. The molecule has 0 saturated carbocycles. The third-order valence-corrected chi connectivity index (χ3v) is 6.16. The van der Waals surface area contributed by atoms with Crippen LogP contribution in [0.5, 0.6) is 0 Å². The molecule has 1 N–H and O–H groups in total. The molecular weight excluding hydrogens is 448 g/mol. The van der Waals surface area contributed by atoms with Crippen LogP contribution in [0.2, 0.25) is 0 Å². The Balaban J connectivity index is 1.66. The molecule has 0 radical (unpaired) electrons. The van der Waals surface area contributed by atoms with Crippen molar-refractivity contribution in [2.24, 2.45) is 0 Å². The summed E-state index contributed by atoms with van der Waals surface area (Å²) in [5.74, 6) is -1.31. The first-order valence-electron chi connectivity index (χ1n) is 10.6. The zero-order chi connectivity index (χ0) is 24.2. The Labute approximate surface area is 192 Å². The van der Waals surface area contributed by atoms with Crippen molar-refractivity contribution in [3.8, 4) is 11.1 Å². The van der Waals surface area contributed by atoms with E-state index in [1.165, 1.54) is 18.2 Å². The molecular formula is C26H18F4N2O2. The number of fused-ring (bicyclic) bond motifs is 2. The Morgan fingerprint density at radius 1 is 1.06 bits per heavy atom. The van der Waals surface area contributed by atoms with Gasteiger partial charge in [0, 0.05) is 23.2 Å². The van der Waals surface area contributed by atoms with Gasteiger partial charge in [-0.15, -0.1) is 0 Å². The highest BCUT2D eigenvalue weighted by molar-refractivity contribution is 6.05. The quantitative estimate of drug-likeness (QED) is 0.339. The lowest BCUT2D eigenvalue weighted by Gasteiger charge is -2.23. The van der Waals surface area contributed by atoms with E-state index in [0.29, 0.717) is 41.0 Å². The normalized spacial score (nSPS) is 13.4. The first-order valence-corrected chi connectivity index (χ1v) is 10.6. The number of halogens is 4. The van der Waals surface area contributed by atoms with Crippen LogP contribution in [-0.2, 0) is 12.6 Å². The van der Waals surface area contributed by atoms with Gasteiger partial charge in [-0.2, -0.15) is 13.2 Å². The number of aromatic nitrogens is 1. The van der Waals surface area contributed by atoms with Gasteiger partial charge >= 0.3 is 12.1 Å². The predicted octanol–water partition coefficient (Wildman–Crippen LogP) is 6.76. The molecule has 0 bridgehead atoms. The summed E-state index contributed by atoms with van der Waals surface area (Å²) in [6.45, 7) is 2.11. The minimum Gasteiger partial charge on any atom is -0.478 e. The average Bonchev–Trinajstić information content (AvgIpc) is 3.22. The summed E-state index contributed by atoms with van der Waals surface area (Å²) in [5, 5.41) is 10.1. The molecule has 3 aromatic carbocycles. The van der Waals surface area contributed by atoms with E-state index in [9.17, 15) is 27.5 Å². The number of hydrogen-bond acceptors (Lipinski definition) is 3. The van der Waals surface area contributed by atoms with Gasteiger partial charge in [-0.3, -0.25) is 0 Å². The molecule has 34 heavy (non-hydrogen) atoms. The molecule has 1 aliphatic heterocycles. The Kier molecular flexibility index (Phi) is 5.04. The number of anilines is 2. The van der Waals surface area contributed by atoms with Gasteiger partial charge in [-0.25, -0.2) is 14.2 Å². The molecule has 0 unspecified atom stereocenters. The molecule has 2 heterocycles. The van der Waals surface area contributed by atoms with E-state index in [0.717, 1.165) is 29.4 Å². The van der Waals surface area contributed by atoms with E-state index < -0.39 is 23.5 Å². The van der Waals surface area contributed by atoms with Gasteiger partial charge < -0.3 is 10.0 Å². The fraction of sp³-hybridized carbons (Fsp3) is 0.154. The maximum atomic E-state index is 13.8. The van der Waals surface area contributed by atoms with E-state index in [1.807, 2.05) is 11.0 Å². The van der Waals surface area contributed by atoms with E-state index in [2.05, 4.69) is 4.98 Å². The summed E-state index contributed by atoms with van der Waals surface area (Å²) in [7, 11) is 0. The first kappa shape index (κ1) is 21.9. The smallest absolute Gasteiger partial charge is 0.416 e. The van der Waals surface area contributed by atoms with Crippen LogP contribution in [0.1, 0.15) is 27.0 Å². The summed E-state index contributed by atoms with van der Waals surface area (Å²) >= 11 is 0. The van der Waals surface area contributed by atoms with Gasteiger partial charge in [0.15, 0.2) is 0 Å². The van der Waals surface area contributed by atoms with Crippen molar-refractivity contribution in [3.05, 3.63) is 88.7 Å². The second kappa shape index (κ2) is 7.83. The summed E-state index contributed by atoms with van der Waals surface area (Å²) in [6.07, 6.45) is -3.90. The molecule has 0 saturated heterocycles. The summed E-state index contributed by atoms with van der Waals surface area (Å²) in [6, 6.07) is 14.4. The second-order valence-corrected chi connectivity index (χ2v) is 8.19. The molecule has 4 nitrogen and oxygen atoms in total. The summed E-state index contributed by atoms with van der Waals surface area (Å²) < 4.78 is 53.6. The van der Waals surface area contributed by atoms with Gasteiger partial charge in [0.25, 0.3) is 0 Å². The maximum Gasteiger partial charge on any atom is 0.416 e. The Bertz CT molecular complexity index is 1460. The van der Waals surface area contributed by atoms with Crippen LogP contribution < -0.4 is 4.90 Å². The monoisotopic (exact) mass is 466 g/mol. The van der Waals surface area contributed by atoms with Gasteiger partial charge in [-0.05, 0) is 66.4 Å². The number of pyridine rings is 1. The number of alkyl halides is 3. The SMILES string of the molecule is Cc1c(N2CCc3c(-c4cccc(C(F)(F)F)c4)cccc32)nc2ccc(F)cc2c1C(=O)O. The third-order valence-electron chi connectivity index (χ3n) is 6.16. The number of hydrogen-bond donors (Lipinski definition) is 1. The van der Waals surface area contributed by atoms with Gasteiger partial charge in [0.1, 0.15) is 11.6 Å². The van der Waals surface area contributed by atoms with Crippen LogP contribution in [-0.4, -0.2) is 22.6 Å². The van der Waals surface area contributed by atoms with Crippen molar-refractivity contribution >= 4 is 28.4 Å². The van der Waals surface area contributed by atoms with Crippen LogP contribution in [0, 0.1) is 12.7 Å². The van der Waals surface area contributed by atoms with Crippen molar-refractivity contribution in [2.75, 3.05) is 11.4 Å². The second-order valence-electron chi connectivity index (χ2n) is 8.19. The fourth-order valence-electron chi connectivity index (χ4n) is 4.64. The maximum absolute atomic E-state index is 13.8. The van der Waals surface area contributed by atoms with Crippen molar-refractivity contribution in [2.45, 2.75) is 19.5 Å². The average molecular weight is 466 g/mol. The molecule has 0 atom stereocenters. The molecule has 0 fully saturated rings. The van der Waals surface area contributed by atoms with Crippen LogP contribution in [0.3, 0.4) is 0 Å². The van der Waals surface area contributed by atoms with Crippen LogP contribution >= 0.6 is 0 Å². The van der Waals surface area contributed by atoms with Gasteiger partial charge in [0.2, 0.25) is 0 Å². The number of rotatable bonds is 3. The lowest BCUT2D eigenvalue weighted by atomic mass is 9.96. The molecule has 1 aromatic heterocycles. The standard InChI is InChI=1S/C26H18F4N2O2/c1-14-23(25(33)34)20-13-17(27)8-9-21(20)31-24(14)32-11-10-19-18(6-3-7-22(19)32)15-4-2-5-16(12-15)26(28,29)30/h2-9,12-13H,10-11H2,1H3,(H,33,34). The Morgan fingerprint density at radius 3 is 2.56 bits per heavy atom. The van der Waals surface area contributed by atoms with E-state index >= 15 is 0 Å². The zero-order valence-electron chi connectivity index (χ0n) is 17.9. The molecule has 8 heteroatoms. The molecule has 5 rings (SSSR count). The van der Waals surface area contributed by atoms with E-state index in [4.69, 9.17) is 0 Å².